The number of nitrogens with zero attached hydrogens (tertiary/aromatic N) is 2. The standard InChI is InChI=1S/C15H31N3O2/c1-6-17(7-2)13(11-16)12-9-8-10-18(12)14(19)20-15(3,4)5/h12-13H,6-11,16H2,1-5H3. The van der Waals surface area contributed by atoms with Gasteiger partial charge < -0.3 is 15.4 Å². The van der Waals surface area contributed by atoms with E-state index in [1.807, 2.05) is 25.7 Å². The minimum atomic E-state index is -0.447. The molecule has 1 fully saturated rings. The number of hydrogen-bond acceptors (Lipinski definition) is 4. The van der Waals surface area contributed by atoms with Crippen LogP contribution in [0, 0.1) is 0 Å². The smallest absolute Gasteiger partial charge is 0.410 e. The van der Waals surface area contributed by atoms with Crippen LogP contribution >= 0.6 is 0 Å². The van der Waals surface area contributed by atoms with Crippen molar-refractivity contribution in [3.8, 4) is 0 Å². The van der Waals surface area contributed by atoms with E-state index in [2.05, 4.69) is 18.7 Å². The van der Waals surface area contributed by atoms with Crippen molar-refractivity contribution in [3.05, 3.63) is 0 Å². The van der Waals surface area contributed by atoms with Crippen LogP contribution in [0.4, 0.5) is 4.79 Å². The molecule has 1 heterocycles. The molecule has 0 radical (unpaired) electrons. The molecule has 118 valence electrons. The maximum absolute atomic E-state index is 12.3. The first kappa shape index (κ1) is 17.2. The van der Waals surface area contributed by atoms with Gasteiger partial charge in [-0.2, -0.15) is 0 Å². The highest BCUT2D eigenvalue weighted by atomic mass is 16.6. The number of amides is 1. The highest BCUT2D eigenvalue weighted by Gasteiger charge is 2.38. The fourth-order valence-corrected chi connectivity index (χ4v) is 2.98. The van der Waals surface area contributed by atoms with Crippen molar-refractivity contribution in [2.75, 3.05) is 26.2 Å². The van der Waals surface area contributed by atoms with Gasteiger partial charge in [0.25, 0.3) is 0 Å². The molecule has 5 heteroatoms. The monoisotopic (exact) mass is 285 g/mol. The van der Waals surface area contributed by atoms with Gasteiger partial charge >= 0.3 is 6.09 Å². The molecule has 0 aromatic carbocycles. The van der Waals surface area contributed by atoms with Gasteiger partial charge in [0.15, 0.2) is 0 Å². The summed E-state index contributed by atoms with van der Waals surface area (Å²) in [6.45, 7) is 13.2. The number of likely N-dealkylation sites (N-methyl/N-ethyl adjacent to an activating group) is 1. The Labute approximate surface area is 123 Å². The number of carbonyl (C=O) groups excluding carboxylic acids is 1. The normalized spacial score (nSPS) is 21.4. The summed E-state index contributed by atoms with van der Waals surface area (Å²) in [4.78, 5) is 16.6. The van der Waals surface area contributed by atoms with Crippen LogP contribution < -0.4 is 5.73 Å². The molecule has 0 aromatic heterocycles. The molecule has 1 amide bonds. The Bertz CT molecular complexity index is 311. The maximum Gasteiger partial charge on any atom is 0.410 e. The molecule has 0 aromatic rings. The quantitative estimate of drug-likeness (QED) is 0.840. The van der Waals surface area contributed by atoms with Gasteiger partial charge in [-0.15, -0.1) is 0 Å². The Morgan fingerprint density at radius 2 is 2.00 bits per heavy atom. The van der Waals surface area contributed by atoms with Gasteiger partial charge in [0.1, 0.15) is 5.60 Å². The predicted octanol–water partition coefficient (Wildman–Crippen LogP) is 2.06. The van der Waals surface area contributed by atoms with Gasteiger partial charge in [-0.05, 0) is 46.7 Å². The lowest BCUT2D eigenvalue weighted by atomic mass is 10.0. The van der Waals surface area contributed by atoms with Crippen LogP contribution in [0.1, 0.15) is 47.5 Å². The lowest BCUT2D eigenvalue weighted by Crippen LogP contribution is -2.54. The Morgan fingerprint density at radius 3 is 2.45 bits per heavy atom. The van der Waals surface area contributed by atoms with Gasteiger partial charge in [0, 0.05) is 19.1 Å². The van der Waals surface area contributed by atoms with Crippen molar-refractivity contribution in [2.45, 2.75) is 65.1 Å². The van der Waals surface area contributed by atoms with Crippen molar-refractivity contribution in [2.24, 2.45) is 5.73 Å². The first-order valence-electron chi connectivity index (χ1n) is 7.77. The highest BCUT2D eigenvalue weighted by molar-refractivity contribution is 5.69. The SMILES string of the molecule is CCN(CC)C(CN)C1CCCN1C(=O)OC(C)(C)C. The molecule has 5 nitrogen and oxygen atoms in total. The van der Waals surface area contributed by atoms with E-state index >= 15 is 0 Å². The highest BCUT2D eigenvalue weighted by Crippen LogP contribution is 2.25. The molecule has 20 heavy (non-hydrogen) atoms. The Kier molecular flexibility index (Phi) is 6.27. The number of ether oxygens (including phenoxy) is 1. The third-order valence-electron chi connectivity index (χ3n) is 3.89. The summed E-state index contributed by atoms with van der Waals surface area (Å²) in [6, 6.07) is 0.398. The lowest BCUT2D eigenvalue weighted by Gasteiger charge is -2.38. The molecule has 2 atom stereocenters. The predicted molar refractivity (Wildman–Crippen MR) is 81.7 cm³/mol. The summed E-state index contributed by atoms with van der Waals surface area (Å²) < 4.78 is 5.52. The zero-order valence-corrected chi connectivity index (χ0v) is 13.7. The van der Waals surface area contributed by atoms with Crippen molar-refractivity contribution < 1.29 is 9.53 Å². The van der Waals surface area contributed by atoms with E-state index in [0.29, 0.717) is 6.54 Å². The van der Waals surface area contributed by atoms with Crippen molar-refractivity contribution in [1.82, 2.24) is 9.80 Å². The molecule has 2 unspecified atom stereocenters. The van der Waals surface area contributed by atoms with Gasteiger partial charge in [0.05, 0.1) is 6.04 Å². The maximum atomic E-state index is 12.3. The molecule has 1 aliphatic heterocycles. The van der Waals surface area contributed by atoms with Gasteiger partial charge in [-0.25, -0.2) is 4.79 Å². The average molecular weight is 285 g/mol. The average Bonchev–Trinajstić information content (AvgIpc) is 2.82. The summed E-state index contributed by atoms with van der Waals surface area (Å²) in [6.07, 6.45) is 1.84. The van der Waals surface area contributed by atoms with Crippen LogP contribution in [-0.4, -0.2) is 59.8 Å². The molecular formula is C15H31N3O2. The third-order valence-corrected chi connectivity index (χ3v) is 3.89. The molecule has 0 saturated carbocycles. The summed E-state index contributed by atoms with van der Waals surface area (Å²) >= 11 is 0. The zero-order valence-electron chi connectivity index (χ0n) is 13.7. The van der Waals surface area contributed by atoms with Crippen molar-refractivity contribution >= 4 is 6.09 Å². The second kappa shape index (κ2) is 7.27. The van der Waals surface area contributed by atoms with E-state index in [1.54, 1.807) is 0 Å². The summed E-state index contributed by atoms with van der Waals surface area (Å²) in [5, 5.41) is 0. The molecule has 1 aliphatic rings. The summed E-state index contributed by atoms with van der Waals surface area (Å²) in [5.74, 6) is 0. The third kappa shape index (κ3) is 4.35. The molecule has 2 N–H and O–H groups in total. The first-order valence-corrected chi connectivity index (χ1v) is 7.77. The van der Waals surface area contributed by atoms with Crippen LogP contribution in [0.25, 0.3) is 0 Å². The van der Waals surface area contributed by atoms with E-state index in [4.69, 9.17) is 10.5 Å². The zero-order chi connectivity index (χ0) is 15.3. The minimum absolute atomic E-state index is 0.176. The van der Waals surface area contributed by atoms with Crippen LogP contribution in [0.5, 0.6) is 0 Å². The largest absolute Gasteiger partial charge is 0.444 e. The molecule has 1 saturated heterocycles. The Hall–Kier alpha value is -0.810. The number of hydrogen-bond donors (Lipinski definition) is 1. The molecular weight excluding hydrogens is 254 g/mol. The number of rotatable bonds is 5. The number of likely N-dealkylation sites (tertiary alicyclic amines) is 1. The van der Waals surface area contributed by atoms with E-state index in [9.17, 15) is 4.79 Å². The van der Waals surface area contributed by atoms with E-state index in [0.717, 1.165) is 32.5 Å². The van der Waals surface area contributed by atoms with E-state index in [1.165, 1.54) is 0 Å². The van der Waals surface area contributed by atoms with Gasteiger partial charge in [-0.1, -0.05) is 13.8 Å². The van der Waals surface area contributed by atoms with Crippen molar-refractivity contribution in [3.63, 3.8) is 0 Å². The summed E-state index contributed by atoms with van der Waals surface area (Å²) in [5.41, 5.74) is 5.53. The first-order chi connectivity index (χ1) is 9.34. The fraction of sp³-hybridized carbons (Fsp3) is 0.933. The molecule has 0 spiro atoms. The van der Waals surface area contributed by atoms with Gasteiger partial charge in [0.2, 0.25) is 0 Å². The molecule has 1 rings (SSSR count). The van der Waals surface area contributed by atoms with Crippen molar-refractivity contribution in [1.29, 1.82) is 0 Å². The van der Waals surface area contributed by atoms with E-state index < -0.39 is 5.60 Å². The van der Waals surface area contributed by atoms with Crippen LogP contribution in [0.2, 0.25) is 0 Å². The van der Waals surface area contributed by atoms with Crippen LogP contribution in [0.3, 0.4) is 0 Å². The number of carbonyl (C=O) groups is 1. The second-order valence-electron chi connectivity index (χ2n) is 6.41. The second-order valence-corrected chi connectivity index (χ2v) is 6.41. The van der Waals surface area contributed by atoms with Gasteiger partial charge in [-0.3, -0.25) is 4.90 Å². The molecule has 0 bridgehead atoms. The Morgan fingerprint density at radius 1 is 1.40 bits per heavy atom. The summed E-state index contributed by atoms with van der Waals surface area (Å²) in [7, 11) is 0. The van der Waals surface area contributed by atoms with E-state index in [-0.39, 0.29) is 18.2 Å². The Balaban J connectivity index is 2.79. The fourth-order valence-electron chi connectivity index (χ4n) is 2.98. The van der Waals surface area contributed by atoms with Crippen LogP contribution in [0.15, 0.2) is 0 Å². The lowest BCUT2D eigenvalue weighted by molar-refractivity contribution is 0.0134. The topological polar surface area (TPSA) is 58.8 Å². The van der Waals surface area contributed by atoms with Crippen LogP contribution in [-0.2, 0) is 4.74 Å². The number of nitrogens with two attached hydrogens (primary N) is 1. The molecule has 0 aliphatic carbocycles. The minimum Gasteiger partial charge on any atom is -0.444 e.